The molecule has 0 spiro atoms. The predicted molar refractivity (Wildman–Crippen MR) is 88.2 cm³/mol. The first-order valence-corrected chi connectivity index (χ1v) is 7.59. The van der Waals surface area contributed by atoms with Gasteiger partial charge in [0.25, 0.3) is 5.91 Å². The zero-order valence-electron chi connectivity index (χ0n) is 13.2. The molecule has 2 rings (SSSR count). The highest BCUT2D eigenvalue weighted by Gasteiger charge is 2.21. The fourth-order valence-electron chi connectivity index (χ4n) is 2.46. The average Bonchev–Trinajstić information content (AvgIpc) is 2.55. The highest BCUT2D eigenvalue weighted by Crippen LogP contribution is 2.24. The lowest BCUT2D eigenvalue weighted by Gasteiger charge is -2.16. The molecule has 0 radical (unpaired) electrons. The summed E-state index contributed by atoms with van der Waals surface area (Å²) >= 11 is 0. The quantitative estimate of drug-likeness (QED) is 0.859. The van der Waals surface area contributed by atoms with Crippen molar-refractivity contribution >= 4 is 11.9 Å². The fraction of sp³-hybridized carbons (Fsp3) is 0.278. The van der Waals surface area contributed by atoms with Crippen LogP contribution in [0.25, 0.3) is 11.3 Å². The number of aliphatic carboxylic acids is 1. The van der Waals surface area contributed by atoms with Crippen LogP contribution in [0, 0.1) is 6.92 Å². The van der Waals surface area contributed by atoms with E-state index in [4.69, 9.17) is 0 Å². The summed E-state index contributed by atoms with van der Waals surface area (Å²) in [4.78, 5) is 28.0. The molecule has 1 aromatic heterocycles. The minimum Gasteiger partial charge on any atom is -0.480 e. The lowest BCUT2D eigenvalue weighted by Crippen LogP contribution is -2.40. The summed E-state index contributed by atoms with van der Waals surface area (Å²) in [7, 11) is 0. The van der Waals surface area contributed by atoms with E-state index < -0.39 is 12.0 Å². The number of hydrogen-bond acceptors (Lipinski definition) is 3. The van der Waals surface area contributed by atoms with Crippen LogP contribution >= 0.6 is 0 Å². The number of amides is 1. The summed E-state index contributed by atoms with van der Waals surface area (Å²) in [5.41, 5.74) is 2.89. The Balaban J connectivity index is 2.30. The van der Waals surface area contributed by atoms with Gasteiger partial charge in [-0.05, 0) is 37.1 Å². The number of carboxylic acid groups (broad SMARTS) is 1. The molecule has 1 unspecified atom stereocenters. The number of benzene rings is 1. The Morgan fingerprint density at radius 2 is 2.00 bits per heavy atom. The highest BCUT2D eigenvalue weighted by molar-refractivity contribution is 5.99. The highest BCUT2D eigenvalue weighted by atomic mass is 16.4. The third kappa shape index (κ3) is 3.94. The van der Waals surface area contributed by atoms with E-state index in [1.165, 1.54) is 0 Å². The third-order valence-corrected chi connectivity index (χ3v) is 3.70. The molecule has 23 heavy (non-hydrogen) atoms. The van der Waals surface area contributed by atoms with E-state index >= 15 is 0 Å². The number of aromatic nitrogens is 1. The van der Waals surface area contributed by atoms with Gasteiger partial charge in [-0.1, -0.05) is 31.5 Å². The van der Waals surface area contributed by atoms with E-state index in [-0.39, 0.29) is 5.91 Å². The molecule has 1 atom stereocenters. The van der Waals surface area contributed by atoms with Gasteiger partial charge in [0.2, 0.25) is 0 Å². The van der Waals surface area contributed by atoms with Gasteiger partial charge in [0.1, 0.15) is 6.04 Å². The van der Waals surface area contributed by atoms with Crippen LogP contribution in [0.3, 0.4) is 0 Å². The Morgan fingerprint density at radius 3 is 2.61 bits per heavy atom. The van der Waals surface area contributed by atoms with Gasteiger partial charge in [-0.15, -0.1) is 0 Å². The van der Waals surface area contributed by atoms with E-state index in [9.17, 15) is 14.7 Å². The molecule has 5 nitrogen and oxygen atoms in total. The van der Waals surface area contributed by atoms with Crippen molar-refractivity contribution in [3.63, 3.8) is 0 Å². The van der Waals surface area contributed by atoms with Crippen LogP contribution in [-0.2, 0) is 4.79 Å². The summed E-state index contributed by atoms with van der Waals surface area (Å²) < 4.78 is 0. The molecule has 0 fully saturated rings. The monoisotopic (exact) mass is 312 g/mol. The van der Waals surface area contributed by atoms with Crippen molar-refractivity contribution in [2.75, 3.05) is 0 Å². The number of nitrogens with zero attached hydrogens (tertiary/aromatic N) is 1. The summed E-state index contributed by atoms with van der Waals surface area (Å²) in [5, 5.41) is 11.8. The van der Waals surface area contributed by atoms with Crippen molar-refractivity contribution in [2.24, 2.45) is 0 Å². The summed E-state index contributed by atoms with van der Waals surface area (Å²) in [5.74, 6) is -1.39. The van der Waals surface area contributed by atoms with Crippen LogP contribution < -0.4 is 5.32 Å². The minimum absolute atomic E-state index is 0.374. The first kappa shape index (κ1) is 16.7. The first-order valence-electron chi connectivity index (χ1n) is 7.59. The van der Waals surface area contributed by atoms with Crippen molar-refractivity contribution < 1.29 is 14.7 Å². The van der Waals surface area contributed by atoms with Crippen molar-refractivity contribution in [1.82, 2.24) is 10.3 Å². The Kier molecular flexibility index (Phi) is 5.46. The SMILES string of the molecule is CCCC(NC(=O)c1cccc(-c2ccccn2)c1C)C(=O)O. The molecule has 0 bridgehead atoms. The van der Waals surface area contributed by atoms with E-state index in [0.717, 1.165) is 16.8 Å². The topological polar surface area (TPSA) is 79.3 Å². The number of nitrogens with one attached hydrogen (secondary N) is 1. The van der Waals surface area contributed by atoms with Crippen LogP contribution in [0.1, 0.15) is 35.7 Å². The number of pyridine rings is 1. The lowest BCUT2D eigenvalue weighted by atomic mass is 9.98. The van der Waals surface area contributed by atoms with E-state index in [0.29, 0.717) is 18.4 Å². The fourth-order valence-corrected chi connectivity index (χ4v) is 2.46. The molecule has 1 heterocycles. The van der Waals surface area contributed by atoms with Crippen LogP contribution in [-0.4, -0.2) is 28.0 Å². The Bertz CT molecular complexity index is 699. The van der Waals surface area contributed by atoms with Crippen LogP contribution in [0.5, 0.6) is 0 Å². The lowest BCUT2D eigenvalue weighted by molar-refractivity contribution is -0.139. The smallest absolute Gasteiger partial charge is 0.326 e. The number of carboxylic acids is 1. The van der Waals surface area contributed by atoms with Crippen molar-refractivity contribution in [3.05, 3.63) is 53.7 Å². The molecule has 1 aromatic carbocycles. The number of rotatable bonds is 6. The van der Waals surface area contributed by atoms with Gasteiger partial charge in [-0.25, -0.2) is 4.79 Å². The largest absolute Gasteiger partial charge is 0.480 e. The van der Waals surface area contributed by atoms with Crippen LogP contribution in [0.4, 0.5) is 0 Å². The van der Waals surface area contributed by atoms with Crippen molar-refractivity contribution in [3.8, 4) is 11.3 Å². The molecule has 2 N–H and O–H groups in total. The second-order valence-corrected chi connectivity index (χ2v) is 5.35. The average molecular weight is 312 g/mol. The normalized spacial score (nSPS) is 11.7. The summed E-state index contributed by atoms with van der Waals surface area (Å²) in [6, 6.07) is 10.1. The molecule has 0 aliphatic rings. The molecule has 0 saturated heterocycles. The maximum Gasteiger partial charge on any atom is 0.326 e. The number of carbonyl (C=O) groups is 2. The predicted octanol–water partition coefficient (Wildman–Crippen LogP) is 3.04. The molecule has 0 saturated carbocycles. The van der Waals surface area contributed by atoms with E-state index in [2.05, 4.69) is 10.3 Å². The van der Waals surface area contributed by atoms with Gasteiger partial charge in [0.15, 0.2) is 0 Å². The molecule has 0 aliphatic carbocycles. The minimum atomic E-state index is -1.02. The summed E-state index contributed by atoms with van der Waals surface area (Å²) in [6.45, 7) is 3.73. The van der Waals surface area contributed by atoms with Gasteiger partial charge in [-0.2, -0.15) is 0 Å². The summed E-state index contributed by atoms with van der Waals surface area (Å²) in [6.07, 6.45) is 2.79. The zero-order valence-corrected chi connectivity index (χ0v) is 13.2. The van der Waals surface area contributed by atoms with Crippen LogP contribution in [0.15, 0.2) is 42.6 Å². The van der Waals surface area contributed by atoms with Gasteiger partial charge >= 0.3 is 5.97 Å². The molecule has 120 valence electrons. The molecule has 1 amide bonds. The molecular weight excluding hydrogens is 292 g/mol. The Hall–Kier alpha value is -2.69. The zero-order chi connectivity index (χ0) is 16.8. The molecular formula is C18H20N2O3. The van der Waals surface area contributed by atoms with Gasteiger partial charge < -0.3 is 10.4 Å². The molecule has 5 heteroatoms. The van der Waals surface area contributed by atoms with Gasteiger partial charge in [-0.3, -0.25) is 9.78 Å². The second-order valence-electron chi connectivity index (χ2n) is 5.35. The van der Waals surface area contributed by atoms with E-state index in [1.807, 2.05) is 38.1 Å². The molecule has 2 aromatic rings. The Morgan fingerprint density at radius 1 is 1.22 bits per heavy atom. The standard InChI is InChI=1S/C18H20N2O3/c1-3-7-16(18(22)23)20-17(21)14-9-6-8-13(12(14)2)15-10-4-5-11-19-15/h4-6,8-11,16H,3,7H2,1-2H3,(H,20,21)(H,22,23). The first-order chi connectivity index (χ1) is 11.0. The maximum atomic E-state index is 12.4. The van der Waals surface area contributed by atoms with Crippen molar-refractivity contribution in [1.29, 1.82) is 0 Å². The third-order valence-electron chi connectivity index (χ3n) is 3.70. The van der Waals surface area contributed by atoms with Gasteiger partial charge in [0.05, 0.1) is 5.69 Å². The van der Waals surface area contributed by atoms with Crippen LogP contribution in [0.2, 0.25) is 0 Å². The Labute approximate surface area is 135 Å². The number of hydrogen-bond donors (Lipinski definition) is 2. The van der Waals surface area contributed by atoms with Crippen molar-refractivity contribution in [2.45, 2.75) is 32.7 Å². The van der Waals surface area contributed by atoms with Gasteiger partial charge in [0, 0.05) is 17.3 Å². The maximum absolute atomic E-state index is 12.4. The second kappa shape index (κ2) is 7.54. The van der Waals surface area contributed by atoms with E-state index in [1.54, 1.807) is 18.3 Å². The number of carbonyl (C=O) groups excluding carboxylic acids is 1. The molecule has 0 aliphatic heterocycles.